The summed E-state index contributed by atoms with van der Waals surface area (Å²) in [5.41, 5.74) is 7.91. The fourth-order valence-electron chi connectivity index (χ4n) is 1.59. The quantitative estimate of drug-likeness (QED) is 0.497. The van der Waals surface area contributed by atoms with Crippen LogP contribution in [0.3, 0.4) is 0 Å². The van der Waals surface area contributed by atoms with Crippen LogP contribution in [0.25, 0.3) is 0 Å². The SMILES string of the molecule is N#Cc1ccc(N)c(NCCCCCCO)c1. The highest BCUT2D eigenvalue weighted by Gasteiger charge is 2.00. The third-order valence-corrected chi connectivity index (χ3v) is 2.58. The van der Waals surface area contributed by atoms with E-state index in [1.807, 2.05) is 0 Å². The minimum Gasteiger partial charge on any atom is -0.397 e. The molecule has 0 unspecified atom stereocenters. The summed E-state index contributed by atoms with van der Waals surface area (Å²) in [4.78, 5) is 0. The molecule has 1 aromatic carbocycles. The van der Waals surface area contributed by atoms with Gasteiger partial charge in [0.2, 0.25) is 0 Å². The maximum Gasteiger partial charge on any atom is 0.0992 e. The smallest absolute Gasteiger partial charge is 0.0992 e. The molecule has 0 amide bonds. The molecule has 0 fully saturated rings. The van der Waals surface area contributed by atoms with Gasteiger partial charge in [-0.1, -0.05) is 12.8 Å². The number of nitrogens with zero attached hydrogens (tertiary/aromatic N) is 1. The highest BCUT2D eigenvalue weighted by molar-refractivity contribution is 5.68. The van der Waals surface area contributed by atoms with Gasteiger partial charge in [0.05, 0.1) is 23.0 Å². The molecule has 0 saturated carbocycles. The van der Waals surface area contributed by atoms with E-state index in [1.165, 1.54) is 0 Å². The van der Waals surface area contributed by atoms with Gasteiger partial charge in [0.25, 0.3) is 0 Å². The molecular weight excluding hydrogens is 214 g/mol. The first-order chi connectivity index (χ1) is 8.27. The zero-order valence-corrected chi connectivity index (χ0v) is 9.95. The van der Waals surface area contributed by atoms with Gasteiger partial charge in [0.1, 0.15) is 0 Å². The van der Waals surface area contributed by atoms with E-state index >= 15 is 0 Å². The van der Waals surface area contributed by atoms with Crippen molar-refractivity contribution in [2.45, 2.75) is 25.7 Å². The van der Waals surface area contributed by atoms with Crippen LogP contribution in [0, 0.1) is 11.3 Å². The second-order valence-electron chi connectivity index (χ2n) is 3.98. The first kappa shape index (κ1) is 13.3. The Labute approximate surface area is 102 Å². The van der Waals surface area contributed by atoms with Crippen molar-refractivity contribution in [1.29, 1.82) is 5.26 Å². The molecule has 0 radical (unpaired) electrons. The second kappa shape index (κ2) is 7.53. The molecule has 0 bridgehead atoms. The van der Waals surface area contributed by atoms with E-state index in [4.69, 9.17) is 16.1 Å². The number of nitrogens with one attached hydrogen (secondary N) is 1. The molecular formula is C13H19N3O. The number of rotatable bonds is 7. The van der Waals surface area contributed by atoms with Crippen LogP contribution in [0.5, 0.6) is 0 Å². The van der Waals surface area contributed by atoms with Crippen molar-refractivity contribution in [3.8, 4) is 6.07 Å². The number of aliphatic hydroxyl groups is 1. The van der Waals surface area contributed by atoms with Gasteiger partial charge < -0.3 is 16.2 Å². The number of hydrogen-bond donors (Lipinski definition) is 3. The molecule has 0 heterocycles. The topological polar surface area (TPSA) is 82.1 Å². The minimum atomic E-state index is 0.268. The van der Waals surface area contributed by atoms with Crippen LogP contribution in [0.4, 0.5) is 11.4 Å². The van der Waals surface area contributed by atoms with Crippen molar-refractivity contribution in [2.24, 2.45) is 0 Å². The molecule has 0 aliphatic carbocycles. The summed E-state index contributed by atoms with van der Waals surface area (Å²) in [6.07, 6.45) is 4.04. The van der Waals surface area contributed by atoms with Crippen molar-refractivity contribution in [2.75, 3.05) is 24.2 Å². The number of anilines is 2. The molecule has 0 saturated heterocycles. The Morgan fingerprint density at radius 1 is 1.24 bits per heavy atom. The summed E-state index contributed by atoms with van der Waals surface area (Å²) < 4.78 is 0. The van der Waals surface area contributed by atoms with E-state index in [9.17, 15) is 0 Å². The number of nitrogen functional groups attached to an aromatic ring is 1. The van der Waals surface area contributed by atoms with E-state index in [-0.39, 0.29) is 6.61 Å². The summed E-state index contributed by atoms with van der Waals surface area (Å²) in [7, 11) is 0. The van der Waals surface area contributed by atoms with Crippen molar-refractivity contribution < 1.29 is 5.11 Å². The van der Waals surface area contributed by atoms with Crippen LogP contribution in [0.1, 0.15) is 31.2 Å². The van der Waals surface area contributed by atoms with Crippen LogP contribution >= 0.6 is 0 Å². The predicted octanol–water partition coefficient (Wildman–Crippen LogP) is 2.11. The number of nitriles is 1. The summed E-state index contributed by atoms with van der Waals surface area (Å²) in [6, 6.07) is 7.31. The Bertz CT molecular complexity index is 385. The molecule has 1 rings (SSSR count). The van der Waals surface area contributed by atoms with Crippen LogP contribution in [0.2, 0.25) is 0 Å². The Kier molecular flexibility index (Phi) is 5.91. The van der Waals surface area contributed by atoms with Gasteiger partial charge in [-0.15, -0.1) is 0 Å². The maximum absolute atomic E-state index is 8.78. The molecule has 0 atom stereocenters. The predicted molar refractivity (Wildman–Crippen MR) is 69.6 cm³/mol. The van der Waals surface area contributed by atoms with Crippen LogP contribution < -0.4 is 11.1 Å². The highest BCUT2D eigenvalue weighted by atomic mass is 16.2. The number of nitrogens with two attached hydrogens (primary N) is 1. The number of hydrogen-bond acceptors (Lipinski definition) is 4. The van der Waals surface area contributed by atoms with E-state index in [1.54, 1.807) is 18.2 Å². The van der Waals surface area contributed by atoms with Gasteiger partial charge in [-0.25, -0.2) is 0 Å². The molecule has 17 heavy (non-hydrogen) atoms. The van der Waals surface area contributed by atoms with Gasteiger partial charge in [-0.05, 0) is 31.0 Å². The minimum absolute atomic E-state index is 0.268. The van der Waals surface area contributed by atoms with E-state index < -0.39 is 0 Å². The Morgan fingerprint density at radius 2 is 2.00 bits per heavy atom. The van der Waals surface area contributed by atoms with Crippen molar-refractivity contribution in [1.82, 2.24) is 0 Å². The van der Waals surface area contributed by atoms with Crippen molar-refractivity contribution >= 4 is 11.4 Å². The Hall–Kier alpha value is -1.73. The van der Waals surface area contributed by atoms with Crippen molar-refractivity contribution in [3.05, 3.63) is 23.8 Å². The normalized spacial score (nSPS) is 9.88. The van der Waals surface area contributed by atoms with Gasteiger partial charge in [-0.3, -0.25) is 0 Å². The standard InChI is InChI=1S/C13H19N3O/c14-10-11-5-6-12(15)13(9-11)16-7-3-1-2-4-8-17/h5-6,9,16-17H,1-4,7-8,15H2. The van der Waals surface area contributed by atoms with E-state index in [0.717, 1.165) is 37.9 Å². The van der Waals surface area contributed by atoms with E-state index in [2.05, 4.69) is 11.4 Å². The van der Waals surface area contributed by atoms with Gasteiger partial charge >= 0.3 is 0 Å². The fraction of sp³-hybridized carbons (Fsp3) is 0.462. The summed E-state index contributed by atoms with van der Waals surface area (Å²) in [5.74, 6) is 0. The molecule has 0 aliphatic rings. The molecule has 4 N–H and O–H groups in total. The van der Waals surface area contributed by atoms with Crippen LogP contribution in [0.15, 0.2) is 18.2 Å². The second-order valence-corrected chi connectivity index (χ2v) is 3.98. The number of aliphatic hydroxyl groups excluding tert-OH is 1. The molecule has 0 aliphatic heterocycles. The zero-order chi connectivity index (χ0) is 12.5. The first-order valence-corrected chi connectivity index (χ1v) is 5.92. The average Bonchev–Trinajstić information content (AvgIpc) is 2.35. The first-order valence-electron chi connectivity index (χ1n) is 5.92. The lowest BCUT2D eigenvalue weighted by molar-refractivity contribution is 0.283. The summed E-state index contributed by atoms with van der Waals surface area (Å²) in [5, 5.41) is 20.6. The maximum atomic E-state index is 8.78. The fourth-order valence-corrected chi connectivity index (χ4v) is 1.59. The van der Waals surface area contributed by atoms with Gasteiger partial charge in [0, 0.05) is 13.2 Å². The Morgan fingerprint density at radius 3 is 2.71 bits per heavy atom. The van der Waals surface area contributed by atoms with Crippen molar-refractivity contribution in [3.63, 3.8) is 0 Å². The molecule has 4 nitrogen and oxygen atoms in total. The number of benzene rings is 1. The highest BCUT2D eigenvalue weighted by Crippen LogP contribution is 2.19. The summed E-state index contributed by atoms with van der Waals surface area (Å²) in [6.45, 7) is 1.11. The van der Waals surface area contributed by atoms with Crippen LogP contribution in [-0.2, 0) is 0 Å². The van der Waals surface area contributed by atoms with Gasteiger partial charge in [-0.2, -0.15) is 5.26 Å². The lowest BCUT2D eigenvalue weighted by Gasteiger charge is -2.09. The molecule has 4 heteroatoms. The molecule has 0 spiro atoms. The molecule has 92 valence electrons. The van der Waals surface area contributed by atoms with Crippen LogP contribution in [-0.4, -0.2) is 18.3 Å². The molecule has 1 aromatic rings. The lowest BCUT2D eigenvalue weighted by atomic mass is 10.1. The summed E-state index contributed by atoms with van der Waals surface area (Å²) >= 11 is 0. The third-order valence-electron chi connectivity index (χ3n) is 2.58. The van der Waals surface area contributed by atoms with E-state index in [0.29, 0.717) is 11.3 Å². The largest absolute Gasteiger partial charge is 0.397 e. The van der Waals surface area contributed by atoms with Gasteiger partial charge in [0.15, 0.2) is 0 Å². The number of unbranched alkanes of at least 4 members (excludes halogenated alkanes) is 3. The average molecular weight is 233 g/mol. The molecule has 0 aromatic heterocycles. The lowest BCUT2D eigenvalue weighted by Crippen LogP contribution is -2.04. The Balaban J connectivity index is 2.33. The monoisotopic (exact) mass is 233 g/mol. The zero-order valence-electron chi connectivity index (χ0n) is 9.95. The third kappa shape index (κ3) is 4.75.